The number of benzene rings is 2. The van der Waals surface area contributed by atoms with Crippen LogP contribution in [0.5, 0.6) is 11.5 Å². The van der Waals surface area contributed by atoms with Gasteiger partial charge in [-0.3, -0.25) is 4.79 Å². The van der Waals surface area contributed by atoms with Gasteiger partial charge in [0.15, 0.2) is 21.4 Å². The van der Waals surface area contributed by atoms with Gasteiger partial charge in [-0.2, -0.15) is 0 Å². The number of nitrogens with two attached hydrogens (primary N) is 1. The van der Waals surface area contributed by atoms with E-state index in [2.05, 4.69) is 18.8 Å². The van der Waals surface area contributed by atoms with E-state index in [-0.39, 0.29) is 22.3 Å². The van der Waals surface area contributed by atoms with Crippen LogP contribution >= 0.6 is 11.3 Å². The number of halogens is 2. The number of alkyl halides is 2. The lowest BCUT2D eigenvalue weighted by atomic mass is 9.88. The van der Waals surface area contributed by atoms with Crippen LogP contribution in [0.1, 0.15) is 62.1 Å². The Bertz CT molecular complexity index is 1490. The van der Waals surface area contributed by atoms with Gasteiger partial charge in [0.25, 0.3) is 5.91 Å². The number of hydrogen-bond donors (Lipinski definition) is 2. The molecule has 0 saturated carbocycles. The zero-order valence-electron chi connectivity index (χ0n) is 22.1. The first-order chi connectivity index (χ1) is 18.2. The summed E-state index contributed by atoms with van der Waals surface area (Å²) in [5.74, 6) is -0.719. The molecule has 0 saturated heterocycles. The molecule has 210 valence electrons. The molecule has 8 nitrogen and oxygen atoms in total. The lowest BCUT2D eigenvalue weighted by molar-refractivity contribution is -0.286. The number of fused-ring (bicyclic) bond motifs is 1. The summed E-state index contributed by atoms with van der Waals surface area (Å²) >= 11 is 0.952. The first kappa shape index (κ1) is 29.1. The zero-order chi connectivity index (χ0) is 28.6. The van der Waals surface area contributed by atoms with E-state index in [1.165, 1.54) is 18.3 Å². The molecule has 12 heteroatoms. The number of aliphatic hydroxyl groups is 1. The number of amides is 1. The molecule has 0 fully saturated rings. The van der Waals surface area contributed by atoms with E-state index in [0.717, 1.165) is 46.4 Å². The second-order valence-electron chi connectivity index (χ2n) is 9.88. The zero-order valence-corrected chi connectivity index (χ0v) is 23.8. The van der Waals surface area contributed by atoms with Crippen molar-refractivity contribution in [3.05, 3.63) is 58.1 Å². The topological polar surface area (TPSA) is 124 Å². The van der Waals surface area contributed by atoms with Crippen LogP contribution in [0, 0.1) is 0 Å². The van der Waals surface area contributed by atoms with Crippen molar-refractivity contribution in [1.29, 1.82) is 0 Å². The average Bonchev–Trinajstić information content (AvgIpc) is 3.44. The summed E-state index contributed by atoms with van der Waals surface area (Å²) in [4.78, 5) is 17.6. The van der Waals surface area contributed by atoms with Crippen LogP contribution in [0.25, 0.3) is 11.1 Å². The standard InChI is InChI=1S/C27H31F2N3O5S2/c1-5-7-17-11-19(16-9-10-21-22(13-16)37-27(28,29)36-21)12-18(8-6-2)20(17)14-24(33)32-39(30,35)25-31-15-23(38-25)26(3,4)34/h9-13,15,34H,5-8,14H2,1-4H3,(H2,30,32,33,35). The summed E-state index contributed by atoms with van der Waals surface area (Å²) in [6.45, 7) is 7.16. The number of carbonyl (C=O) groups is 1. The van der Waals surface area contributed by atoms with Crippen molar-refractivity contribution in [1.82, 2.24) is 4.98 Å². The molecule has 3 aromatic rings. The Balaban J connectivity index is 1.69. The number of nitrogens with zero attached hydrogens (tertiary/aromatic N) is 2. The summed E-state index contributed by atoms with van der Waals surface area (Å²) < 4.78 is 53.1. The van der Waals surface area contributed by atoms with Gasteiger partial charge in [-0.1, -0.05) is 44.9 Å². The van der Waals surface area contributed by atoms with E-state index in [9.17, 15) is 22.9 Å². The smallest absolute Gasteiger partial charge is 0.395 e. The number of hydrogen-bond acceptors (Lipinski definition) is 7. The Kier molecular flexibility index (Phi) is 8.13. The molecule has 1 aliphatic heterocycles. The molecule has 4 rings (SSSR count). The van der Waals surface area contributed by atoms with Crippen LogP contribution in [-0.4, -0.2) is 26.5 Å². The highest BCUT2D eigenvalue weighted by Crippen LogP contribution is 2.43. The second kappa shape index (κ2) is 10.9. The minimum Gasteiger partial charge on any atom is -0.395 e. The predicted octanol–water partition coefficient (Wildman–Crippen LogP) is 5.73. The van der Waals surface area contributed by atoms with Crippen molar-refractivity contribution in [2.45, 2.75) is 76.0 Å². The first-order valence-corrected chi connectivity index (χ1v) is 14.9. The number of aromatic nitrogens is 1. The fourth-order valence-corrected chi connectivity index (χ4v) is 6.51. The van der Waals surface area contributed by atoms with Gasteiger partial charge in [-0.25, -0.2) is 14.3 Å². The molecule has 0 radical (unpaired) electrons. The molecule has 3 N–H and O–H groups in total. The third kappa shape index (κ3) is 6.63. The van der Waals surface area contributed by atoms with E-state index < -0.39 is 27.7 Å². The molecule has 39 heavy (non-hydrogen) atoms. The normalized spacial score (nSPS) is 15.7. The summed E-state index contributed by atoms with van der Waals surface area (Å²) in [6.07, 6.45) is 0.494. The highest BCUT2D eigenvalue weighted by atomic mass is 32.2. The van der Waals surface area contributed by atoms with Gasteiger partial charge < -0.3 is 14.6 Å². The van der Waals surface area contributed by atoms with Gasteiger partial charge in [0, 0.05) is 6.20 Å². The molecule has 0 bridgehead atoms. The van der Waals surface area contributed by atoms with Crippen molar-refractivity contribution in [2.75, 3.05) is 0 Å². The Morgan fingerprint density at radius 3 is 2.28 bits per heavy atom. The van der Waals surface area contributed by atoms with Gasteiger partial charge in [0.1, 0.15) is 0 Å². The Labute approximate surface area is 230 Å². The maximum absolute atomic E-state index is 13.5. The van der Waals surface area contributed by atoms with Crippen molar-refractivity contribution >= 4 is 27.2 Å². The molecule has 0 spiro atoms. The fourth-order valence-electron chi connectivity index (χ4n) is 4.35. The largest absolute Gasteiger partial charge is 0.586 e. The van der Waals surface area contributed by atoms with Crippen molar-refractivity contribution in [3.63, 3.8) is 0 Å². The van der Waals surface area contributed by atoms with Crippen molar-refractivity contribution in [2.24, 2.45) is 9.50 Å². The Hall–Kier alpha value is -2.93. The van der Waals surface area contributed by atoms with Crippen LogP contribution < -0.4 is 14.6 Å². The van der Waals surface area contributed by atoms with Crippen molar-refractivity contribution < 1.29 is 32.4 Å². The lowest BCUT2D eigenvalue weighted by Gasteiger charge is -2.17. The molecule has 1 amide bonds. The van der Waals surface area contributed by atoms with Gasteiger partial charge in [0.05, 0.1) is 16.9 Å². The Morgan fingerprint density at radius 2 is 1.72 bits per heavy atom. The lowest BCUT2D eigenvalue weighted by Crippen LogP contribution is -2.25. The van der Waals surface area contributed by atoms with Crippen LogP contribution in [0.15, 0.2) is 45.2 Å². The SMILES string of the molecule is CCCc1cc(-c2ccc3c(c2)OC(F)(F)O3)cc(CCC)c1CC(=O)N=S(N)(=O)c1ncc(C(C)(C)O)s1. The summed E-state index contributed by atoms with van der Waals surface area (Å²) in [5.41, 5.74) is 2.87. The molecule has 2 heterocycles. The Morgan fingerprint density at radius 1 is 1.10 bits per heavy atom. The average molecular weight is 580 g/mol. The fraction of sp³-hybridized carbons (Fsp3) is 0.407. The van der Waals surface area contributed by atoms with E-state index in [4.69, 9.17) is 5.14 Å². The van der Waals surface area contributed by atoms with Crippen molar-refractivity contribution in [3.8, 4) is 22.6 Å². The van der Waals surface area contributed by atoms with Gasteiger partial charge >= 0.3 is 6.29 Å². The number of rotatable bonds is 9. The predicted molar refractivity (Wildman–Crippen MR) is 145 cm³/mol. The number of aryl methyl sites for hydroxylation is 2. The number of carbonyl (C=O) groups excluding carboxylic acids is 1. The third-order valence-electron chi connectivity index (χ3n) is 6.11. The summed E-state index contributed by atoms with van der Waals surface area (Å²) in [5, 5.41) is 16.1. The molecule has 1 aromatic heterocycles. The van der Waals surface area contributed by atoms with E-state index in [1.807, 2.05) is 26.0 Å². The maximum Gasteiger partial charge on any atom is 0.586 e. The monoisotopic (exact) mass is 579 g/mol. The van der Waals surface area contributed by atoms with Gasteiger partial charge in [-0.05, 0) is 66.6 Å². The molecular formula is C27H31F2N3O5S2. The maximum atomic E-state index is 13.5. The molecule has 1 aliphatic rings. The molecule has 1 unspecified atom stereocenters. The molecule has 1 atom stereocenters. The van der Waals surface area contributed by atoms with Crippen LogP contribution in [0.2, 0.25) is 0 Å². The third-order valence-corrected chi connectivity index (χ3v) is 9.26. The molecule has 0 aliphatic carbocycles. The number of ether oxygens (including phenoxy) is 2. The molecular weight excluding hydrogens is 548 g/mol. The highest BCUT2D eigenvalue weighted by Gasteiger charge is 2.43. The minimum atomic E-state index is -3.70. The minimum absolute atomic E-state index is 0.0285. The van der Waals surface area contributed by atoms with Gasteiger partial charge in [-0.15, -0.1) is 24.5 Å². The van der Waals surface area contributed by atoms with Gasteiger partial charge in [0.2, 0.25) is 4.34 Å². The molecule has 2 aromatic carbocycles. The summed E-state index contributed by atoms with van der Waals surface area (Å²) in [7, 11) is -3.60. The number of thiazole rings is 1. The highest BCUT2D eigenvalue weighted by molar-refractivity contribution is 7.93. The quantitative estimate of drug-likeness (QED) is 0.334. The van der Waals surface area contributed by atoms with E-state index >= 15 is 0 Å². The van der Waals surface area contributed by atoms with Crippen LogP contribution in [-0.2, 0) is 39.6 Å². The second-order valence-corrected chi connectivity index (χ2v) is 12.9. The van der Waals surface area contributed by atoms with E-state index in [0.29, 0.717) is 23.3 Å². The van der Waals surface area contributed by atoms with Crippen LogP contribution in [0.3, 0.4) is 0 Å². The summed E-state index contributed by atoms with van der Waals surface area (Å²) in [6, 6.07) is 8.50. The first-order valence-electron chi connectivity index (χ1n) is 12.5. The van der Waals surface area contributed by atoms with E-state index in [1.54, 1.807) is 19.9 Å². The van der Waals surface area contributed by atoms with Crippen LogP contribution in [0.4, 0.5) is 8.78 Å².